The van der Waals surface area contributed by atoms with E-state index in [1.165, 1.54) is 35.5 Å². The number of nitrogens with one attached hydrogen (secondary N) is 3. The van der Waals surface area contributed by atoms with Crippen molar-refractivity contribution in [2.45, 2.75) is 132 Å². The highest BCUT2D eigenvalue weighted by molar-refractivity contribution is 8.04. The van der Waals surface area contributed by atoms with Gasteiger partial charge in [-0.1, -0.05) is 62.3 Å². The molecule has 3 atom stereocenters. The number of rotatable bonds is 14. The van der Waals surface area contributed by atoms with Crippen LogP contribution >= 0.6 is 35.3 Å². The summed E-state index contributed by atoms with van der Waals surface area (Å²) < 4.78 is 10.3. The first-order valence-electron chi connectivity index (χ1n) is 26.8. The number of fused-ring (bicyclic) bond motifs is 3. The van der Waals surface area contributed by atoms with E-state index in [0.717, 1.165) is 93.1 Å². The second-order valence-corrected chi connectivity index (χ2v) is 27.6. The van der Waals surface area contributed by atoms with E-state index in [1.54, 1.807) is 49.7 Å². The lowest BCUT2D eigenvalue weighted by Gasteiger charge is -2.36. The van der Waals surface area contributed by atoms with E-state index in [0.29, 0.717) is 41.5 Å². The van der Waals surface area contributed by atoms with Gasteiger partial charge in [0.25, 0.3) is 0 Å². The predicted octanol–water partition coefficient (Wildman–Crippen LogP) is 13.2. The van der Waals surface area contributed by atoms with Crippen LogP contribution in [0.25, 0.3) is 0 Å². The fourth-order valence-electron chi connectivity index (χ4n) is 10.2. The number of carbonyl (C=O) groups excluding carboxylic acids is 2. The van der Waals surface area contributed by atoms with Crippen molar-refractivity contribution >= 4 is 99.0 Å². The largest absolute Gasteiger partial charge is 0.497 e. The number of carboxylic acid groups (broad SMARTS) is 3. The van der Waals surface area contributed by atoms with Gasteiger partial charge in [-0.25, -0.2) is 14.4 Å². The lowest BCUT2D eigenvalue weighted by molar-refractivity contribution is -0.138. The SMILES string of the molecule is CC(=O)C1CSC2=C(Nc3ccc(C(=O)CC(C)(C)C)cc3)CC(C)(C)CC2=N1.COc1ccc(NC2=C3SCC(C(=O)O)N=C3CC(C)(C)C2)c(C(=O)O)c1.COc1ccc(NC2=C3SCC(C(=O)O)N=C3CC(C)(C)C2)cc1. The Morgan fingerprint density at radius 1 is 0.562 bits per heavy atom. The molecule has 9 rings (SSSR count). The molecule has 0 saturated carbocycles. The average molecular weight is 1150 g/mol. The molecule has 0 spiro atoms. The first-order valence-corrected chi connectivity index (χ1v) is 29.7. The third kappa shape index (κ3) is 16.2. The normalized spacial score (nSPS) is 21.6. The van der Waals surface area contributed by atoms with Crippen molar-refractivity contribution in [3.8, 4) is 11.5 Å². The molecule has 3 heterocycles. The number of aliphatic imine (C=N–C) groups is 3. The minimum absolute atomic E-state index is 0.0140. The zero-order valence-electron chi connectivity index (χ0n) is 47.9. The Hall–Kier alpha value is -6.31. The van der Waals surface area contributed by atoms with E-state index in [-0.39, 0.29) is 44.8 Å². The standard InChI is InChI=1S/C24H32N2O2S.C19H22N2O5S.C18H22N2O3S/c1-15(27)20-14-29-22-18(11-24(5,6)12-19(22)26-20)25-17-9-7-16(8-10-17)21(28)13-23(2,3)4;1-19(2)7-13(16-14(8-19)21-15(9-27-16)18(24)25)20-12-5-4-10(26-3)6-11(12)17(22)23;1-18(2)8-13(19-11-4-6-12(23-3)7-5-11)16-14(9-18)20-15(10-24-16)17(21)22/h7-10,20,25H,11-14H2,1-6H3;4-6,15,20H,7-9H2,1-3H3,(H,22,23)(H,24,25);4-7,15,19H,8-10H2,1-3H3,(H,21,22). The zero-order valence-corrected chi connectivity index (χ0v) is 50.4. The Morgan fingerprint density at radius 3 is 1.34 bits per heavy atom. The summed E-state index contributed by atoms with van der Waals surface area (Å²) in [5.74, 6) is 0.357. The summed E-state index contributed by atoms with van der Waals surface area (Å²) in [7, 11) is 3.14. The molecule has 3 aliphatic heterocycles. The molecule has 3 aromatic rings. The third-order valence-corrected chi connectivity index (χ3v) is 17.7. The van der Waals surface area contributed by atoms with Crippen LogP contribution in [0.1, 0.15) is 135 Å². The van der Waals surface area contributed by atoms with E-state index >= 15 is 0 Å². The van der Waals surface area contributed by atoms with Crippen molar-refractivity contribution in [3.05, 3.63) is 110 Å². The topological polar surface area (TPSA) is 238 Å². The van der Waals surface area contributed by atoms with E-state index in [1.807, 2.05) is 48.5 Å². The molecule has 3 aromatic carbocycles. The molecule has 6 N–H and O–H groups in total. The van der Waals surface area contributed by atoms with Crippen LogP contribution in [0.5, 0.6) is 11.5 Å². The molecule has 0 saturated heterocycles. The number of allylic oxidation sites excluding steroid dienone is 6. The van der Waals surface area contributed by atoms with E-state index in [4.69, 9.17) is 14.5 Å². The molecule has 3 aliphatic carbocycles. The second kappa shape index (κ2) is 25.2. The monoisotopic (exact) mass is 1150 g/mol. The van der Waals surface area contributed by atoms with Crippen LogP contribution in [0.2, 0.25) is 0 Å². The molecule has 6 aliphatic rings. The molecule has 80 heavy (non-hydrogen) atoms. The Balaban J connectivity index is 0.000000174. The second-order valence-electron chi connectivity index (χ2n) is 24.5. The maximum absolute atomic E-state index is 12.4. The third-order valence-electron chi connectivity index (χ3n) is 14.0. The van der Waals surface area contributed by atoms with E-state index in [9.17, 15) is 39.3 Å². The molecule has 3 unspecified atom stereocenters. The predicted molar refractivity (Wildman–Crippen MR) is 326 cm³/mol. The zero-order chi connectivity index (χ0) is 58.5. The first-order chi connectivity index (χ1) is 37.5. The van der Waals surface area contributed by atoms with Crippen LogP contribution in [0.4, 0.5) is 17.1 Å². The van der Waals surface area contributed by atoms with Crippen LogP contribution in [0.15, 0.2) is 114 Å². The smallest absolute Gasteiger partial charge is 0.337 e. The number of carboxylic acids is 3. The minimum atomic E-state index is -1.05. The van der Waals surface area contributed by atoms with Gasteiger partial charge in [0.05, 0.1) is 42.6 Å². The van der Waals surface area contributed by atoms with Gasteiger partial charge in [-0.2, -0.15) is 0 Å². The van der Waals surface area contributed by atoms with Crippen LogP contribution < -0.4 is 25.4 Å². The minimum Gasteiger partial charge on any atom is -0.497 e. The highest BCUT2D eigenvalue weighted by atomic mass is 32.2. The number of aliphatic carboxylic acids is 2. The molecule has 0 radical (unpaired) electrons. The van der Waals surface area contributed by atoms with Gasteiger partial charge in [-0.15, -0.1) is 35.3 Å². The number of ketones is 2. The summed E-state index contributed by atoms with van der Waals surface area (Å²) in [5.41, 5.74) is 9.28. The quantitative estimate of drug-likeness (QED) is 0.0823. The van der Waals surface area contributed by atoms with Crippen molar-refractivity contribution < 1.29 is 48.8 Å². The molecule has 0 fully saturated rings. The number of aromatic carboxylic acids is 1. The molecular weight excluding hydrogens is 1070 g/mol. The van der Waals surface area contributed by atoms with Crippen molar-refractivity contribution in [3.63, 3.8) is 0 Å². The van der Waals surface area contributed by atoms with Gasteiger partial charge in [-0.3, -0.25) is 24.6 Å². The highest BCUT2D eigenvalue weighted by Gasteiger charge is 2.39. The van der Waals surface area contributed by atoms with Crippen molar-refractivity contribution in [2.24, 2.45) is 36.6 Å². The van der Waals surface area contributed by atoms with Gasteiger partial charge in [-0.05, 0) is 134 Å². The number of carbonyl (C=O) groups is 5. The number of hydrogen-bond acceptors (Lipinski definition) is 16. The average Bonchev–Trinajstić information content (AvgIpc) is 3.51. The number of Topliss-reactive ketones (excluding diaryl/α,β-unsaturated/α-hetero) is 2. The van der Waals surface area contributed by atoms with Crippen molar-refractivity contribution in [2.75, 3.05) is 47.4 Å². The number of benzene rings is 3. The van der Waals surface area contributed by atoms with Crippen LogP contribution in [-0.4, -0.2) is 112 Å². The summed E-state index contributed by atoms with van der Waals surface area (Å²) in [6.45, 7) is 20.9. The number of thioether (sulfide) groups is 3. The Morgan fingerprint density at radius 2 is 0.950 bits per heavy atom. The number of hydrogen-bond donors (Lipinski definition) is 6. The Labute approximate surface area is 482 Å². The fraction of sp³-hybridized carbons (Fsp3) is 0.475. The summed E-state index contributed by atoms with van der Waals surface area (Å²) >= 11 is 4.80. The van der Waals surface area contributed by atoms with Gasteiger partial charge in [0, 0.05) is 72.4 Å². The van der Waals surface area contributed by atoms with E-state index in [2.05, 4.69) is 88.2 Å². The first kappa shape index (κ1) is 61.3. The van der Waals surface area contributed by atoms with E-state index < -0.39 is 30.0 Å². The van der Waals surface area contributed by atoms with Gasteiger partial charge < -0.3 is 40.7 Å². The molecule has 0 aromatic heterocycles. The molecule has 0 amide bonds. The maximum atomic E-state index is 12.4. The summed E-state index contributed by atoms with van der Waals surface area (Å²) in [6.07, 6.45) is 5.51. The number of nitrogens with zero attached hydrogens (tertiary/aromatic N) is 3. The summed E-state index contributed by atoms with van der Waals surface area (Å²) in [4.78, 5) is 75.4. The molecular formula is C61H76N6O10S3. The lowest BCUT2D eigenvalue weighted by Crippen LogP contribution is -2.34. The van der Waals surface area contributed by atoms with Gasteiger partial charge in [0.1, 0.15) is 17.5 Å². The molecule has 0 bridgehead atoms. The van der Waals surface area contributed by atoms with Gasteiger partial charge in [0.15, 0.2) is 23.7 Å². The van der Waals surface area contributed by atoms with Crippen LogP contribution in [-0.2, 0) is 14.4 Å². The Bertz CT molecular complexity index is 3090. The van der Waals surface area contributed by atoms with Crippen LogP contribution in [0, 0.1) is 21.7 Å². The number of methoxy groups -OCH3 is 2. The van der Waals surface area contributed by atoms with Crippen molar-refractivity contribution in [1.29, 1.82) is 0 Å². The molecule has 19 heteroatoms. The van der Waals surface area contributed by atoms with Crippen LogP contribution in [0.3, 0.4) is 0 Å². The number of anilines is 3. The fourth-order valence-corrected chi connectivity index (χ4v) is 13.7. The van der Waals surface area contributed by atoms with Crippen molar-refractivity contribution in [1.82, 2.24) is 0 Å². The van der Waals surface area contributed by atoms with Gasteiger partial charge >= 0.3 is 17.9 Å². The summed E-state index contributed by atoms with van der Waals surface area (Å²) in [6, 6.07) is 18.9. The molecule has 16 nitrogen and oxygen atoms in total. The highest BCUT2D eigenvalue weighted by Crippen LogP contribution is 2.47. The molecule has 428 valence electrons. The Kier molecular flexibility index (Phi) is 19.3. The maximum Gasteiger partial charge on any atom is 0.337 e. The lowest BCUT2D eigenvalue weighted by atomic mass is 9.78. The van der Waals surface area contributed by atoms with Gasteiger partial charge in [0.2, 0.25) is 0 Å². The summed E-state index contributed by atoms with van der Waals surface area (Å²) in [5, 5.41) is 38.4. The number of ether oxygens (including phenoxy) is 2.